The summed E-state index contributed by atoms with van der Waals surface area (Å²) in [6, 6.07) is 6.40. The van der Waals surface area contributed by atoms with Crippen LogP contribution in [0.15, 0.2) is 18.2 Å². The maximum atomic E-state index is 13.1. The number of aliphatic hydroxyl groups is 1. The van der Waals surface area contributed by atoms with Gasteiger partial charge in [0.05, 0.1) is 32.8 Å². The second kappa shape index (κ2) is 7.46. The minimum Gasteiger partial charge on any atom is -0.391 e. The summed E-state index contributed by atoms with van der Waals surface area (Å²) in [7, 11) is 0. The van der Waals surface area contributed by atoms with Crippen molar-refractivity contribution in [3.63, 3.8) is 0 Å². The number of nitrogens with one attached hydrogen (secondary N) is 1. The highest BCUT2D eigenvalue weighted by Gasteiger charge is 2.27. The smallest absolute Gasteiger partial charge is 0.254 e. The molecule has 1 heterocycles. The fourth-order valence-electron chi connectivity index (χ4n) is 3.23. The molecule has 1 aliphatic rings. The summed E-state index contributed by atoms with van der Waals surface area (Å²) in [5.41, 5.74) is 3.27. The molecule has 4 nitrogen and oxygen atoms in total. The zero-order valence-electron chi connectivity index (χ0n) is 16.8. The van der Waals surface area contributed by atoms with Gasteiger partial charge in [0, 0.05) is 5.56 Å². The van der Waals surface area contributed by atoms with Gasteiger partial charge in [-0.2, -0.15) is 0 Å². The molecule has 1 fully saturated rings. The lowest BCUT2D eigenvalue weighted by atomic mass is 9.79. The first-order chi connectivity index (χ1) is 11.5. The average molecular weight is 348 g/mol. The molecule has 0 saturated carbocycles. The Bertz CT molecular complexity index is 571. The Morgan fingerprint density at radius 1 is 1.00 bits per heavy atom. The van der Waals surface area contributed by atoms with E-state index in [-0.39, 0.29) is 23.3 Å². The molecule has 1 saturated heterocycles. The summed E-state index contributed by atoms with van der Waals surface area (Å²) in [6.07, 6.45) is 0. The number of hydrogen-bond donors (Lipinski definition) is 2. The second-order valence-electron chi connectivity index (χ2n) is 9.31. The zero-order valence-corrected chi connectivity index (χ0v) is 16.8. The highest BCUT2D eigenvalue weighted by Crippen LogP contribution is 2.30. The van der Waals surface area contributed by atoms with Crippen LogP contribution < -0.4 is 4.90 Å². The van der Waals surface area contributed by atoms with E-state index in [0.29, 0.717) is 0 Å². The molecule has 1 aromatic rings. The van der Waals surface area contributed by atoms with Gasteiger partial charge in [0.2, 0.25) is 0 Å². The van der Waals surface area contributed by atoms with Crippen molar-refractivity contribution in [1.82, 2.24) is 4.90 Å². The fraction of sp³-hybridized carbons (Fsp3) is 0.667. The van der Waals surface area contributed by atoms with Crippen LogP contribution in [0, 0.1) is 0 Å². The van der Waals surface area contributed by atoms with Gasteiger partial charge < -0.3 is 14.9 Å². The molecule has 4 heteroatoms. The van der Waals surface area contributed by atoms with E-state index >= 15 is 0 Å². The van der Waals surface area contributed by atoms with Gasteiger partial charge >= 0.3 is 0 Å². The topological polar surface area (TPSA) is 45.0 Å². The van der Waals surface area contributed by atoms with E-state index in [4.69, 9.17) is 5.11 Å². The molecule has 1 aliphatic heterocycles. The Kier molecular flexibility index (Phi) is 5.95. The van der Waals surface area contributed by atoms with E-state index in [1.165, 1.54) is 16.0 Å². The summed E-state index contributed by atoms with van der Waals surface area (Å²) in [6.45, 7) is 17.5. The van der Waals surface area contributed by atoms with E-state index in [9.17, 15) is 4.79 Å². The highest BCUT2D eigenvalue weighted by atomic mass is 16.3. The maximum absolute atomic E-state index is 13.1. The molecule has 0 unspecified atom stereocenters. The number of hydrogen-bond acceptors (Lipinski definition) is 2. The van der Waals surface area contributed by atoms with Gasteiger partial charge in [0.15, 0.2) is 0 Å². The monoisotopic (exact) mass is 347 g/mol. The first kappa shape index (κ1) is 19.9. The van der Waals surface area contributed by atoms with Crippen molar-refractivity contribution in [3.8, 4) is 0 Å². The minimum absolute atomic E-state index is 0.0141. The van der Waals surface area contributed by atoms with Crippen molar-refractivity contribution in [2.45, 2.75) is 52.4 Å². The van der Waals surface area contributed by atoms with Gasteiger partial charge in [-0.3, -0.25) is 4.79 Å². The molecule has 1 aromatic carbocycles. The number of carbonyl (C=O) groups excluding carboxylic acids is 1. The Labute approximate surface area is 152 Å². The van der Waals surface area contributed by atoms with E-state index in [0.717, 1.165) is 38.3 Å². The molecule has 0 aromatic heterocycles. The van der Waals surface area contributed by atoms with E-state index in [1.54, 1.807) is 0 Å². The quantitative estimate of drug-likeness (QED) is 0.873. The van der Waals surface area contributed by atoms with Crippen LogP contribution in [0.1, 0.15) is 63.0 Å². The molecule has 2 rings (SSSR count). The predicted octanol–water partition coefficient (Wildman–Crippen LogP) is 1.61. The molecule has 1 amide bonds. The Balaban J connectivity index is 2.27. The molecule has 0 aliphatic carbocycles. The summed E-state index contributed by atoms with van der Waals surface area (Å²) < 4.78 is 0. The highest BCUT2D eigenvalue weighted by molar-refractivity contribution is 5.94. The molecule has 140 valence electrons. The van der Waals surface area contributed by atoms with E-state index in [1.807, 2.05) is 4.90 Å². The molecule has 0 atom stereocenters. The predicted molar refractivity (Wildman–Crippen MR) is 102 cm³/mol. The molecular formula is C21H35N2O2+. The first-order valence-electron chi connectivity index (χ1n) is 9.42. The minimum atomic E-state index is 0.0141. The van der Waals surface area contributed by atoms with Gasteiger partial charge in [-0.05, 0) is 34.1 Å². The molecule has 2 N–H and O–H groups in total. The van der Waals surface area contributed by atoms with Gasteiger partial charge in [-0.15, -0.1) is 0 Å². The van der Waals surface area contributed by atoms with E-state index < -0.39 is 0 Å². The second-order valence-corrected chi connectivity index (χ2v) is 9.31. The number of rotatable bonds is 3. The zero-order chi connectivity index (χ0) is 18.8. The standard InChI is InChI=1S/C21H34N2O2/c1-20(2,3)17-13-16(14-18(15-17)21(4,5)6)19(25)23-9-7-22(8-10-23)11-12-24/h13-15,24H,7-12H2,1-6H3/p+1. The van der Waals surface area contributed by atoms with Crippen molar-refractivity contribution in [2.75, 3.05) is 39.3 Å². The van der Waals surface area contributed by atoms with Crippen LogP contribution in [-0.4, -0.2) is 55.2 Å². The largest absolute Gasteiger partial charge is 0.391 e. The number of piperazine rings is 1. The van der Waals surface area contributed by atoms with Crippen molar-refractivity contribution in [1.29, 1.82) is 0 Å². The van der Waals surface area contributed by atoms with E-state index in [2.05, 4.69) is 59.7 Å². The van der Waals surface area contributed by atoms with Crippen LogP contribution in [0.4, 0.5) is 0 Å². The fourth-order valence-corrected chi connectivity index (χ4v) is 3.23. The van der Waals surface area contributed by atoms with Gasteiger partial charge in [0.25, 0.3) is 5.91 Å². The Morgan fingerprint density at radius 3 is 1.88 bits per heavy atom. The summed E-state index contributed by atoms with van der Waals surface area (Å²) in [5.74, 6) is 0.139. The molecule has 25 heavy (non-hydrogen) atoms. The number of benzene rings is 1. The van der Waals surface area contributed by atoms with Crippen LogP contribution in [-0.2, 0) is 10.8 Å². The van der Waals surface area contributed by atoms with Crippen molar-refractivity contribution >= 4 is 5.91 Å². The summed E-state index contributed by atoms with van der Waals surface area (Å²) in [5, 5.41) is 9.08. The van der Waals surface area contributed by atoms with Crippen LogP contribution in [0.5, 0.6) is 0 Å². The molecule has 0 radical (unpaired) electrons. The van der Waals surface area contributed by atoms with Crippen LogP contribution >= 0.6 is 0 Å². The SMILES string of the molecule is CC(C)(C)c1cc(C(=O)N2CC[NH+](CCO)CC2)cc(C(C)(C)C)c1. The van der Waals surface area contributed by atoms with Gasteiger partial charge in [0.1, 0.15) is 6.54 Å². The average Bonchev–Trinajstić information content (AvgIpc) is 2.53. The number of aliphatic hydroxyl groups excluding tert-OH is 1. The third-order valence-corrected chi connectivity index (χ3v) is 5.14. The van der Waals surface area contributed by atoms with Crippen LogP contribution in [0.25, 0.3) is 0 Å². The lowest BCUT2D eigenvalue weighted by molar-refractivity contribution is -0.904. The lowest BCUT2D eigenvalue weighted by Crippen LogP contribution is -3.15. The Morgan fingerprint density at radius 2 is 1.48 bits per heavy atom. The number of amides is 1. The van der Waals surface area contributed by atoms with Crippen LogP contribution in [0.3, 0.4) is 0 Å². The summed E-state index contributed by atoms with van der Waals surface area (Å²) >= 11 is 0. The number of nitrogens with zero attached hydrogens (tertiary/aromatic N) is 1. The van der Waals surface area contributed by atoms with Crippen molar-refractivity contribution in [3.05, 3.63) is 34.9 Å². The third-order valence-electron chi connectivity index (χ3n) is 5.14. The number of carbonyl (C=O) groups is 1. The molecule has 0 bridgehead atoms. The van der Waals surface area contributed by atoms with Gasteiger partial charge in [-0.1, -0.05) is 47.6 Å². The van der Waals surface area contributed by atoms with Gasteiger partial charge in [-0.25, -0.2) is 0 Å². The van der Waals surface area contributed by atoms with Crippen molar-refractivity contribution < 1.29 is 14.8 Å². The summed E-state index contributed by atoms with van der Waals surface area (Å²) in [4.78, 5) is 16.4. The first-order valence-corrected chi connectivity index (χ1v) is 9.42. The maximum Gasteiger partial charge on any atom is 0.254 e. The normalized spacial score (nSPS) is 17.0. The lowest BCUT2D eigenvalue weighted by Gasteiger charge is -2.33. The number of quaternary nitrogens is 1. The third kappa shape index (κ3) is 5.05. The molecular weight excluding hydrogens is 312 g/mol. The Hall–Kier alpha value is -1.39. The van der Waals surface area contributed by atoms with Crippen LogP contribution in [0.2, 0.25) is 0 Å². The molecule has 0 spiro atoms. The van der Waals surface area contributed by atoms with Crippen molar-refractivity contribution in [2.24, 2.45) is 0 Å².